The van der Waals surface area contributed by atoms with Crippen LogP contribution in [0.5, 0.6) is 11.5 Å². The van der Waals surface area contributed by atoms with Gasteiger partial charge in [0.25, 0.3) is 0 Å². The Morgan fingerprint density at radius 1 is 1.38 bits per heavy atom. The predicted molar refractivity (Wildman–Crippen MR) is 76.3 cm³/mol. The lowest BCUT2D eigenvalue weighted by Gasteiger charge is -2.14. The largest absolute Gasteiger partial charge is 0.489 e. The van der Waals surface area contributed by atoms with E-state index in [0.29, 0.717) is 41.0 Å². The molecule has 2 N–H and O–H groups in total. The van der Waals surface area contributed by atoms with Crippen LogP contribution in [0.2, 0.25) is 5.02 Å². The summed E-state index contributed by atoms with van der Waals surface area (Å²) in [4.78, 5) is 10.9. The summed E-state index contributed by atoms with van der Waals surface area (Å²) < 4.78 is 11.3. The zero-order valence-corrected chi connectivity index (χ0v) is 12.0. The van der Waals surface area contributed by atoms with E-state index in [1.54, 1.807) is 6.07 Å². The number of nitrogens with zero attached hydrogens (tertiary/aromatic N) is 1. The number of fused-ring (bicyclic) bond motifs is 1. The number of hydrogen-bond acceptors (Lipinski definition) is 4. The molecular weight excluding hydrogens is 296 g/mol. The number of carboxylic acids is 1. The summed E-state index contributed by atoms with van der Waals surface area (Å²) in [5.41, 5.74) is 1.89. The van der Waals surface area contributed by atoms with E-state index in [0.717, 1.165) is 12.0 Å². The van der Waals surface area contributed by atoms with E-state index in [4.69, 9.17) is 26.2 Å². The Hall–Kier alpha value is -2.21. The van der Waals surface area contributed by atoms with Crippen molar-refractivity contribution in [1.82, 2.24) is 10.2 Å². The lowest BCUT2D eigenvalue weighted by atomic mass is 10.0. The molecule has 7 heteroatoms. The molecule has 0 saturated carbocycles. The van der Waals surface area contributed by atoms with Gasteiger partial charge in [0.2, 0.25) is 0 Å². The van der Waals surface area contributed by atoms with Gasteiger partial charge in [-0.05, 0) is 13.0 Å². The molecule has 6 nitrogen and oxygen atoms in total. The van der Waals surface area contributed by atoms with Crippen molar-refractivity contribution >= 4 is 17.6 Å². The highest BCUT2D eigenvalue weighted by Gasteiger charge is 2.22. The number of aromatic nitrogens is 2. The summed E-state index contributed by atoms with van der Waals surface area (Å²) >= 11 is 6.31. The van der Waals surface area contributed by atoms with Gasteiger partial charge >= 0.3 is 5.97 Å². The van der Waals surface area contributed by atoms with E-state index in [-0.39, 0.29) is 5.69 Å². The second-order valence-electron chi connectivity index (χ2n) is 4.71. The Morgan fingerprint density at radius 2 is 2.14 bits per heavy atom. The summed E-state index contributed by atoms with van der Waals surface area (Å²) in [6.45, 7) is 2.99. The van der Waals surface area contributed by atoms with Crippen LogP contribution in [0.1, 0.15) is 22.5 Å². The van der Waals surface area contributed by atoms with Crippen molar-refractivity contribution in [2.24, 2.45) is 0 Å². The van der Waals surface area contributed by atoms with Gasteiger partial charge in [-0.15, -0.1) is 0 Å². The summed E-state index contributed by atoms with van der Waals surface area (Å²) in [6.07, 6.45) is 0.798. The first-order chi connectivity index (χ1) is 10.1. The number of aromatic carboxylic acids is 1. The van der Waals surface area contributed by atoms with E-state index >= 15 is 0 Å². The maximum absolute atomic E-state index is 10.9. The van der Waals surface area contributed by atoms with Crippen LogP contribution >= 0.6 is 11.6 Å². The summed E-state index contributed by atoms with van der Waals surface area (Å²) in [6, 6.07) is 3.13. The van der Waals surface area contributed by atoms with Crippen molar-refractivity contribution in [2.45, 2.75) is 13.3 Å². The third-order valence-corrected chi connectivity index (χ3v) is 3.59. The number of rotatable bonds is 2. The molecule has 0 amide bonds. The lowest BCUT2D eigenvalue weighted by molar-refractivity contribution is 0.0690. The van der Waals surface area contributed by atoms with Crippen molar-refractivity contribution in [3.8, 4) is 22.8 Å². The van der Waals surface area contributed by atoms with Crippen LogP contribution in [0.15, 0.2) is 12.1 Å². The van der Waals surface area contributed by atoms with Gasteiger partial charge in [-0.2, -0.15) is 5.10 Å². The first-order valence-corrected chi connectivity index (χ1v) is 6.83. The molecule has 0 radical (unpaired) electrons. The fourth-order valence-electron chi connectivity index (χ4n) is 2.31. The summed E-state index contributed by atoms with van der Waals surface area (Å²) in [5, 5.41) is 15.9. The maximum atomic E-state index is 10.9. The molecule has 1 aliphatic heterocycles. The van der Waals surface area contributed by atoms with E-state index in [1.807, 2.05) is 6.92 Å². The molecular formula is C14H13ClN2O4. The molecule has 0 bridgehead atoms. The Labute approximate surface area is 125 Å². The molecule has 110 valence electrons. The van der Waals surface area contributed by atoms with E-state index in [1.165, 1.54) is 6.07 Å². The third kappa shape index (κ3) is 2.42. The van der Waals surface area contributed by atoms with Gasteiger partial charge in [0.05, 0.1) is 23.9 Å². The zero-order chi connectivity index (χ0) is 15.0. The highest BCUT2D eigenvalue weighted by atomic mass is 35.5. The minimum atomic E-state index is -1.07. The molecule has 0 aliphatic carbocycles. The molecule has 0 spiro atoms. The molecule has 1 aromatic heterocycles. The van der Waals surface area contributed by atoms with Crippen molar-refractivity contribution in [1.29, 1.82) is 0 Å². The second kappa shape index (κ2) is 5.29. The molecule has 0 atom stereocenters. The number of H-pyrrole nitrogens is 1. The zero-order valence-electron chi connectivity index (χ0n) is 11.3. The average Bonchev–Trinajstić information content (AvgIpc) is 2.79. The van der Waals surface area contributed by atoms with Crippen molar-refractivity contribution < 1.29 is 19.4 Å². The van der Waals surface area contributed by atoms with Crippen LogP contribution in [0, 0.1) is 6.92 Å². The van der Waals surface area contributed by atoms with Crippen LogP contribution in [-0.2, 0) is 0 Å². The van der Waals surface area contributed by atoms with Gasteiger partial charge in [-0.25, -0.2) is 4.79 Å². The van der Waals surface area contributed by atoms with Gasteiger partial charge < -0.3 is 14.6 Å². The Morgan fingerprint density at radius 3 is 2.86 bits per heavy atom. The topological polar surface area (TPSA) is 84.4 Å². The fraction of sp³-hybridized carbons (Fsp3) is 0.286. The number of nitrogens with one attached hydrogen (secondary N) is 1. The normalized spacial score (nSPS) is 13.8. The molecule has 3 rings (SSSR count). The summed E-state index contributed by atoms with van der Waals surface area (Å²) in [5.74, 6) is 0.163. The number of halogens is 1. The number of aromatic amines is 1. The van der Waals surface area contributed by atoms with E-state index in [9.17, 15) is 4.79 Å². The molecule has 0 fully saturated rings. The third-order valence-electron chi connectivity index (χ3n) is 3.29. The molecule has 2 aromatic rings. The van der Waals surface area contributed by atoms with Crippen LogP contribution in [0.25, 0.3) is 11.3 Å². The maximum Gasteiger partial charge on any atom is 0.353 e. The van der Waals surface area contributed by atoms with Crippen LogP contribution in [0.4, 0.5) is 0 Å². The SMILES string of the molecule is Cc1c2c(cc(Cl)c1-c1cc(C(=O)O)[nH]n1)OCCCO2. The van der Waals surface area contributed by atoms with Crippen LogP contribution in [-0.4, -0.2) is 34.5 Å². The Balaban J connectivity index is 2.13. The van der Waals surface area contributed by atoms with Gasteiger partial charge in [0.15, 0.2) is 11.5 Å². The van der Waals surface area contributed by atoms with Crippen LogP contribution < -0.4 is 9.47 Å². The predicted octanol–water partition coefficient (Wildman–Crippen LogP) is 2.90. The molecule has 1 aromatic carbocycles. The molecule has 21 heavy (non-hydrogen) atoms. The van der Waals surface area contributed by atoms with Crippen molar-refractivity contribution in [2.75, 3.05) is 13.2 Å². The monoisotopic (exact) mass is 308 g/mol. The number of carboxylic acid groups (broad SMARTS) is 1. The van der Waals surface area contributed by atoms with E-state index in [2.05, 4.69) is 10.2 Å². The first kappa shape index (κ1) is 13.8. The van der Waals surface area contributed by atoms with Crippen molar-refractivity contribution in [3.05, 3.63) is 28.4 Å². The van der Waals surface area contributed by atoms with Crippen LogP contribution in [0.3, 0.4) is 0 Å². The number of ether oxygens (including phenoxy) is 2. The van der Waals surface area contributed by atoms with Gasteiger partial charge in [0.1, 0.15) is 5.69 Å². The number of benzene rings is 1. The Bertz CT molecular complexity index is 711. The highest BCUT2D eigenvalue weighted by molar-refractivity contribution is 6.33. The van der Waals surface area contributed by atoms with Gasteiger partial charge in [-0.1, -0.05) is 11.6 Å². The number of hydrogen-bond donors (Lipinski definition) is 2. The Kier molecular flexibility index (Phi) is 3.47. The molecule has 2 heterocycles. The minimum Gasteiger partial charge on any atom is -0.489 e. The molecule has 0 unspecified atom stereocenters. The lowest BCUT2D eigenvalue weighted by Crippen LogP contribution is -1.98. The average molecular weight is 309 g/mol. The highest BCUT2D eigenvalue weighted by Crippen LogP contribution is 2.43. The van der Waals surface area contributed by atoms with Crippen molar-refractivity contribution in [3.63, 3.8) is 0 Å². The summed E-state index contributed by atoms with van der Waals surface area (Å²) in [7, 11) is 0. The quantitative estimate of drug-likeness (QED) is 0.891. The van der Waals surface area contributed by atoms with Gasteiger partial charge in [0, 0.05) is 23.6 Å². The molecule has 0 saturated heterocycles. The minimum absolute atomic E-state index is 0.00702. The van der Waals surface area contributed by atoms with E-state index < -0.39 is 5.97 Å². The van der Waals surface area contributed by atoms with Gasteiger partial charge in [-0.3, -0.25) is 5.10 Å². The standard InChI is InChI=1S/C14H13ClN2O4/c1-7-12(9-6-10(14(18)19)17-16-9)8(15)5-11-13(7)21-4-2-3-20-11/h5-6H,2-4H2,1H3,(H,16,17)(H,18,19). The molecule has 1 aliphatic rings. The second-order valence-corrected chi connectivity index (χ2v) is 5.12. The fourth-order valence-corrected chi connectivity index (χ4v) is 2.64. The number of carbonyl (C=O) groups is 1. The smallest absolute Gasteiger partial charge is 0.353 e. The first-order valence-electron chi connectivity index (χ1n) is 6.45.